The highest BCUT2D eigenvalue weighted by Gasteiger charge is 2.06. The summed E-state index contributed by atoms with van der Waals surface area (Å²) in [5.74, 6) is 0. The fourth-order valence-electron chi connectivity index (χ4n) is 1.44. The second-order valence-corrected chi connectivity index (χ2v) is 6.34. The fraction of sp³-hybridized carbons (Fsp3) is 0.0769. The molecule has 88 valence electrons. The Kier molecular flexibility index (Phi) is 4.68. The van der Waals surface area contributed by atoms with Crippen molar-refractivity contribution in [1.82, 2.24) is 0 Å². The quantitative estimate of drug-likeness (QED) is 0.835. The minimum absolute atomic E-state index is 0.556. The molecule has 0 spiro atoms. The minimum Gasteiger partial charge on any atom is -0.326 e. The predicted octanol–water partition coefficient (Wildman–Crippen LogP) is 4.82. The predicted molar refractivity (Wildman–Crippen MR) is 80.3 cm³/mol. The molecule has 2 aromatic rings. The molecule has 0 aliphatic carbocycles. The maximum atomic E-state index is 5.75. The van der Waals surface area contributed by atoms with E-state index in [1.807, 2.05) is 24.3 Å². The van der Waals surface area contributed by atoms with E-state index in [-0.39, 0.29) is 0 Å². The van der Waals surface area contributed by atoms with E-state index in [1.54, 1.807) is 11.8 Å². The number of halogens is 2. The van der Waals surface area contributed by atoms with Gasteiger partial charge < -0.3 is 5.73 Å². The summed E-state index contributed by atoms with van der Waals surface area (Å²) in [6.45, 7) is 0.556. The van der Waals surface area contributed by atoms with Crippen molar-refractivity contribution in [3.05, 3.63) is 57.0 Å². The molecule has 4 heteroatoms. The van der Waals surface area contributed by atoms with Crippen LogP contribution in [0.1, 0.15) is 5.56 Å². The third-order valence-electron chi connectivity index (χ3n) is 2.31. The first-order valence-corrected chi connectivity index (χ1v) is 7.52. The molecule has 0 radical (unpaired) electrons. The molecular formula is C13H11Br2NS. The zero-order valence-electron chi connectivity index (χ0n) is 8.99. The summed E-state index contributed by atoms with van der Waals surface area (Å²) in [4.78, 5) is 2.38. The Bertz CT molecular complexity index is 529. The van der Waals surface area contributed by atoms with Crippen LogP contribution < -0.4 is 5.73 Å². The summed E-state index contributed by atoms with van der Waals surface area (Å²) in [6, 6.07) is 14.4. The van der Waals surface area contributed by atoms with Gasteiger partial charge in [-0.3, -0.25) is 0 Å². The minimum atomic E-state index is 0.556. The normalized spacial score (nSPS) is 10.5. The Hall–Kier alpha value is -0.290. The molecule has 0 aromatic heterocycles. The highest BCUT2D eigenvalue weighted by atomic mass is 79.9. The molecule has 0 fully saturated rings. The van der Waals surface area contributed by atoms with E-state index in [9.17, 15) is 0 Å². The number of nitrogens with two attached hydrogens (primary N) is 1. The van der Waals surface area contributed by atoms with E-state index >= 15 is 0 Å². The van der Waals surface area contributed by atoms with Crippen molar-refractivity contribution in [3.8, 4) is 0 Å². The largest absolute Gasteiger partial charge is 0.326 e. The maximum absolute atomic E-state index is 5.75. The van der Waals surface area contributed by atoms with Crippen molar-refractivity contribution in [2.75, 3.05) is 0 Å². The van der Waals surface area contributed by atoms with Gasteiger partial charge in [-0.25, -0.2) is 0 Å². The lowest BCUT2D eigenvalue weighted by molar-refractivity contribution is 1.02. The van der Waals surface area contributed by atoms with Crippen LogP contribution in [0.25, 0.3) is 0 Å². The van der Waals surface area contributed by atoms with Crippen LogP contribution in [0, 0.1) is 0 Å². The van der Waals surface area contributed by atoms with Crippen LogP contribution in [-0.4, -0.2) is 0 Å². The molecule has 0 heterocycles. The zero-order chi connectivity index (χ0) is 12.3. The molecule has 0 saturated carbocycles. The van der Waals surface area contributed by atoms with Gasteiger partial charge in [0, 0.05) is 25.3 Å². The molecule has 0 bridgehead atoms. The van der Waals surface area contributed by atoms with Crippen LogP contribution >= 0.6 is 43.6 Å². The molecule has 0 aliphatic rings. The van der Waals surface area contributed by atoms with Crippen molar-refractivity contribution in [1.29, 1.82) is 0 Å². The van der Waals surface area contributed by atoms with Crippen molar-refractivity contribution in [2.45, 2.75) is 16.3 Å². The lowest BCUT2D eigenvalue weighted by Crippen LogP contribution is -1.98. The number of hydrogen-bond acceptors (Lipinski definition) is 2. The van der Waals surface area contributed by atoms with Crippen molar-refractivity contribution in [3.63, 3.8) is 0 Å². The van der Waals surface area contributed by atoms with Crippen molar-refractivity contribution < 1.29 is 0 Å². The topological polar surface area (TPSA) is 26.0 Å². The SMILES string of the molecule is NCc1ccc(Br)cc1Sc1ccccc1Br. The van der Waals surface area contributed by atoms with E-state index in [2.05, 4.69) is 50.1 Å². The zero-order valence-corrected chi connectivity index (χ0v) is 13.0. The van der Waals surface area contributed by atoms with Gasteiger partial charge in [0.05, 0.1) is 0 Å². The molecule has 2 aromatic carbocycles. The Morgan fingerprint density at radius 2 is 1.76 bits per heavy atom. The highest BCUT2D eigenvalue weighted by Crippen LogP contribution is 2.36. The smallest absolute Gasteiger partial charge is 0.0314 e. The average molecular weight is 373 g/mol. The van der Waals surface area contributed by atoms with Gasteiger partial charge in [-0.2, -0.15) is 0 Å². The van der Waals surface area contributed by atoms with Crippen molar-refractivity contribution >= 4 is 43.6 Å². The first kappa shape index (κ1) is 13.1. The molecule has 0 aliphatic heterocycles. The third kappa shape index (κ3) is 3.35. The first-order chi connectivity index (χ1) is 8.20. The van der Waals surface area contributed by atoms with E-state index in [4.69, 9.17) is 5.73 Å². The van der Waals surface area contributed by atoms with E-state index < -0.39 is 0 Å². The number of rotatable bonds is 3. The van der Waals surface area contributed by atoms with Gasteiger partial charge in [0.25, 0.3) is 0 Å². The molecule has 1 nitrogen and oxygen atoms in total. The second-order valence-electron chi connectivity index (χ2n) is 3.49. The molecule has 0 unspecified atom stereocenters. The Balaban J connectivity index is 2.35. The third-order valence-corrected chi connectivity index (χ3v) is 4.93. The summed E-state index contributed by atoms with van der Waals surface area (Å²) in [5.41, 5.74) is 6.91. The number of benzene rings is 2. The Morgan fingerprint density at radius 1 is 1.00 bits per heavy atom. The summed E-state index contributed by atoms with van der Waals surface area (Å²) in [7, 11) is 0. The van der Waals surface area contributed by atoms with Gasteiger partial charge in [0.2, 0.25) is 0 Å². The monoisotopic (exact) mass is 371 g/mol. The van der Waals surface area contributed by atoms with Crippen LogP contribution in [0.4, 0.5) is 0 Å². The Labute approximate surface area is 122 Å². The maximum Gasteiger partial charge on any atom is 0.0314 e. The molecule has 0 atom stereocenters. The van der Waals surface area contributed by atoms with Gasteiger partial charge in [0.1, 0.15) is 0 Å². The molecule has 0 amide bonds. The van der Waals surface area contributed by atoms with Crippen LogP contribution in [0.5, 0.6) is 0 Å². The molecule has 17 heavy (non-hydrogen) atoms. The highest BCUT2D eigenvalue weighted by molar-refractivity contribution is 9.10. The summed E-state index contributed by atoms with van der Waals surface area (Å²) >= 11 is 8.77. The summed E-state index contributed by atoms with van der Waals surface area (Å²) in [6.07, 6.45) is 0. The van der Waals surface area contributed by atoms with E-state index in [0.717, 1.165) is 14.5 Å². The first-order valence-electron chi connectivity index (χ1n) is 5.11. The summed E-state index contributed by atoms with van der Waals surface area (Å²) < 4.78 is 2.18. The molecular weight excluding hydrogens is 362 g/mol. The van der Waals surface area contributed by atoms with Crippen molar-refractivity contribution in [2.24, 2.45) is 5.73 Å². The standard InChI is InChI=1S/C13H11Br2NS/c14-10-6-5-9(8-16)13(7-10)17-12-4-2-1-3-11(12)15/h1-7H,8,16H2. The fourth-order valence-corrected chi connectivity index (χ4v) is 3.50. The number of hydrogen-bond donors (Lipinski definition) is 1. The summed E-state index contributed by atoms with van der Waals surface area (Å²) in [5, 5.41) is 0. The molecule has 2 rings (SSSR count). The molecule has 2 N–H and O–H groups in total. The van der Waals surface area contributed by atoms with Gasteiger partial charge >= 0.3 is 0 Å². The van der Waals surface area contributed by atoms with E-state index in [1.165, 1.54) is 9.79 Å². The lowest BCUT2D eigenvalue weighted by Gasteiger charge is -2.09. The molecule has 0 saturated heterocycles. The Morgan fingerprint density at radius 3 is 2.47 bits per heavy atom. The van der Waals surface area contributed by atoms with Gasteiger partial charge in [-0.05, 0) is 45.8 Å². The van der Waals surface area contributed by atoms with E-state index in [0.29, 0.717) is 6.54 Å². The van der Waals surface area contributed by atoms with Gasteiger partial charge in [0.15, 0.2) is 0 Å². The van der Waals surface area contributed by atoms with Crippen LogP contribution in [0.3, 0.4) is 0 Å². The van der Waals surface area contributed by atoms with Gasteiger partial charge in [-0.1, -0.05) is 45.9 Å². The average Bonchev–Trinajstić information content (AvgIpc) is 2.32. The second kappa shape index (κ2) is 6.05. The van der Waals surface area contributed by atoms with Crippen LogP contribution in [0.15, 0.2) is 61.2 Å². The van der Waals surface area contributed by atoms with Crippen LogP contribution in [0.2, 0.25) is 0 Å². The van der Waals surface area contributed by atoms with Crippen LogP contribution in [-0.2, 0) is 6.54 Å². The lowest BCUT2D eigenvalue weighted by atomic mass is 10.2. The van der Waals surface area contributed by atoms with Gasteiger partial charge in [-0.15, -0.1) is 0 Å².